The maximum absolute atomic E-state index is 12.0. The zero-order valence-electron chi connectivity index (χ0n) is 14.1. The van der Waals surface area contributed by atoms with Crippen LogP contribution in [0.3, 0.4) is 0 Å². The molecule has 0 aliphatic heterocycles. The Hall–Kier alpha value is -2.68. The minimum absolute atomic E-state index is 0.0919. The van der Waals surface area contributed by atoms with E-state index in [2.05, 4.69) is 18.2 Å². The number of esters is 1. The molecule has 1 aromatic carbocycles. The summed E-state index contributed by atoms with van der Waals surface area (Å²) in [7, 11) is 0. The fourth-order valence-corrected chi connectivity index (χ4v) is 1.76. The van der Waals surface area contributed by atoms with Gasteiger partial charge in [0.15, 0.2) is 18.1 Å². The molecule has 0 saturated heterocycles. The highest BCUT2D eigenvalue weighted by atomic mass is 16.5. The van der Waals surface area contributed by atoms with Gasteiger partial charge in [-0.25, -0.2) is 4.79 Å². The van der Waals surface area contributed by atoms with Gasteiger partial charge >= 0.3 is 5.97 Å². The minimum atomic E-state index is -0.619. The Morgan fingerprint density at radius 3 is 2.67 bits per heavy atom. The average molecular weight is 333 g/mol. The van der Waals surface area contributed by atoms with E-state index < -0.39 is 11.9 Å². The summed E-state index contributed by atoms with van der Waals surface area (Å²) in [6.45, 7) is 4.64. The van der Waals surface area contributed by atoms with Crippen LogP contribution in [0.25, 0.3) is 0 Å². The second kappa shape index (κ2) is 10.9. The number of carbonyl (C=O) groups is 2. The van der Waals surface area contributed by atoms with Gasteiger partial charge in [-0.15, -0.1) is 6.42 Å². The van der Waals surface area contributed by atoms with E-state index in [9.17, 15) is 9.59 Å². The average Bonchev–Trinajstić information content (AvgIpc) is 2.59. The van der Waals surface area contributed by atoms with Crippen LogP contribution in [0.15, 0.2) is 18.2 Å². The predicted molar refractivity (Wildman–Crippen MR) is 90.1 cm³/mol. The smallest absolute Gasteiger partial charge is 0.338 e. The first-order valence-electron chi connectivity index (χ1n) is 7.89. The normalized spacial score (nSPS) is 9.71. The van der Waals surface area contributed by atoms with Gasteiger partial charge in [0.05, 0.1) is 25.3 Å². The largest absolute Gasteiger partial charge is 0.490 e. The van der Waals surface area contributed by atoms with Crippen molar-refractivity contribution in [2.75, 3.05) is 26.4 Å². The maximum Gasteiger partial charge on any atom is 0.338 e. The van der Waals surface area contributed by atoms with Crippen LogP contribution in [0.5, 0.6) is 11.5 Å². The van der Waals surface area contributed by atoms with Gasteiger partial charge in [0.25, 0.3) is 5.91 Å². The van der Waals surface area contributed by atoms with Gasteiger partial charge in [-0.2, -0.15) is 0 Å². The molecule has 0 heterocycles. The lowest BCUT2D eigenvalue weighted by atomic mass is 10.2. The monoisotopic (exact) mass is 333 g/mol. The molecule has 0 bridgehead atoms. The fourth-order valence-electron chi connectivity index (χ4n) is 1.76. The Morgan fingerprint density at radius 2 is 2.00 bits per heavy atom. The Labute approximate surface area is 142 Å². The van der Waals surface area contributed by atoms with Crippen LogP contribution >= 0.6 is 0 Å². The van der Waals surface area contributed by atoms with Crippen molar-refractivity contribution in [1.82, 2.24) is 5.32 Å². The summed E-state index contributed by atoms with van der Waals surface area (Å²) in [5.41, 5.74) is 0.283. The van der Waals surface area contributed by atoms with Crippen LogP contribution in [-0.4, -0.2) is 38.2 Å². The molecule has 0 aromatic heterocycles. The van der Waals surface area contributed by atoms with Crippen molar-refractivity contribution in [2.45, 2.75) is 26.7 Å². The number of benzene rings is 1. The van der Waals surface area contributed by atoms with Gasteiger partial charge in [-0.1, -0.05) is 19.3 Å². The van der Waals surface area contributed by atoms with E-state index in [0.29, 0.717) is 24.7 Å². The van der Waals surface area contributed by atoms with Crippen molar-refractivity contribution in [3.05, 3.63) is 23.8 Å². The van der Waals surface area contributed by atoms with E-state index in [4.69, 9.17) is 20.6 Å². The molecule has 6 heteroatoms. The van der Waals surface area contributed by atoms with Crippen molar-refractivity contribution in [3.63, 3.8) is 0 Å². The minimum Gasteiger partial charge on any atom is -0.490 e. The van der Waals surface area contributed by atoms with Crippen LogP contribution in [0.1, 0.15) is 37.0 Å². The highest BCUT2D eigenvalue weighted by molar-refractivity contribution is 5.92. The molecule has 0 fully saturated rings. The fraction of sp³-hybridized carbons (Fsp3) is 0.444. The number of hydrogen-bond acceptors (Lipinski definition) is 5. The van der Waals surface area contributed by atoms with E-state index in [1.807, 2.05) is 6.92 Å². The quantitative estimate of drug-likeness (QED) is 0.403. The predicted octanol–water partition coefficient (Wildman–Crippen LogP) is 2.17. The highest BCUT2D eigenvalue weighted by Crippen LogP contribution is 2.29. The number of hydrogen-bond donors (Lipinski definition) is 1. The molecular weight excluding hydrogens is 310 g/mol. The summed E-state index contributed by atoms with van der Waals surface area (Å²) in [6.07, 6.45) is 6.98. The van der Waals surface area contributed by atoms with Crippen LogP contribution in [0.2, 0.25) is 0 Å². The van der Waals surface area contributed by atoms with Crippen LogP contribution < -0.4 is 14.8 Å². The Morgan fingerprint density at radius 1 is 1.21 bits per heavy atom. The molecule has 1 amide bonds. The molecule has 1 aromatic rings. The molecule has 1 N–H and O–H groups in total. The zero-order valence-corrected chi connectivity index (χ0v) is 14.1. The molecule has 6 nitrogen and oxygen atoms in total. The lowest BCUT2D eigenvalue weighted by molar-refractivity contribution is -0.123. The topological polar surface area (TPSA) is 73.9 Å². The second-order valence-corrected chi connectivity index (χ2v) is 4.85. The first-order valence-corrected chi connectivity index (χ1v) is 7.89. The van der Waals surface area contributed by atoms with Gasteiger partial charge < -0.3 is 19.5 Å². The number of amides is 1. The van der Waals surface area contributed by atoms with E-state index >= 15 is 0 Å². The van der Waals surface area contributed by atoms with Crippen LogP contribution in [0, 0.1) is 12.3 Å². The number of rotatable bonds is 10. The first kappa shape index (κ1) is 19.4. The molecule has 24 heavy (non-hydrogen) atoms. The van der Waals surface area contributed by atoms with Crippen molar-refractivity contribution in [2.24, 2.45) is 0 Å². The number of carbonyl (C=O) groups excluding carboxylic acids is 2. The third-order valence-corrected chi connectivity index (χ3v) is 2.96. The summed E-state index contributed by atoms with van der Waals surface area (Å²) in [5.74, 6) is 2.24. The lowest BCUT2D eigenvalue weighted by Gasteiger charge is -2.13. The number of terminal acetylenes is 1. The summed E-state index contributed by atoms with van der Waals surface area (Å²) < 4.78 is 16.1. The van der Waals surface area contributed by atoms with E-state index in [1.54, 1.807) is 18.2 Å². The van der Waals surface area contributed by atoms with E-state index in [0.717, 1.165) is 12.8 Å². The summed E-state index contributed by atoms with van der Waals surface area (Å²) in [4.78, 5) is 23.4. The standard InChI is InChI=1S/C18H23NO5/c1-4-7-11-23-15-9-8-14(12-16(15)22-6-3)18(21)24-13-17(20)19-10-5-2/h2,8-9,12H,4,6-7,10-11,13H2,1,3H3,(H,19,20). The summed E-state index contributed by atoms with van der Waals surface area (Å²) >= 11 is 0. The third-order valence-electron chi connectivity index (χ3n) is 2.96. The van der Waals surface area contributed by atoms with E-state index in [-0.39, 0.29) is 18.7 Å². The van der Waals surface area contributed by atoms with Crippen LogP contribution in [-0.2, 0) is 9.53 Å². The van der Waals surface area contributed by atoms with Gasteiger partial charge in [-0.05, 0) is 31.5 Å². The number of nitrogens with one attached hydrogen (secondary N) is 1. The SMILES string of the molecule is C#CCNC(=O)COC(=O)c1ccc(OCCCC)c(OCC)c1. The van der Waals surface area contributed by atoms with Gasteiger partial charge in [-0.3, -0.25) is 4.79 Å². The molecule has 1 rings (SSSR count). The Balaban J connectivity index is 2.70. The number of ether oxygens (including phenoxy) is 3. The van der Waals surface area contributed by atoms with Gasteiger partial charge in [0, 0.05) is 0 Å². The van der Waals surface area contributed by atoms with Gasteiger partial charge in [0.1, 0.15) is 0 Å². The molecule has 0 aliphatic carbocycles. The molecule has 0 atom stereocenters. The number of unbranched alkanes of at least 4 members (excludes halogenated alkanes) is 1. The summed E-state index contributed by atoms with van der Waals surface area (Å²) in [6, 6.07) is 4.79. The summed E-state index contributed by atoms with van der Waals surface area (Å²) in [5, 5.41) is 2.41. The Kier molecular flexibility index (Phi) is 8.84. The molecule has 0 spiro atoms. The van der Waals surface area contributed by atoms with Crippen molar-refractivity contribution >= 4 is 11.9 Å². The molecule has 0 radical (unpaired) electrons. The highest BCUT2D eigenvalue weighted by Gasteiger charge is 2.14. The molecule has 0 unspecified atom stereocenters. The van der Waals surface area contributed by atoms with Crippen molar-refractivity contribution < 1.29 is 23.8 Å². The lowest BCUT2D eigenvalue weighted by Crippen LogP contribution is -2.29. The molecular formula is C18H23NO5. The van der Waals surface area contributed by atoms with E-state index in [1.165, 1.54) is 0 Å². The third kappa shape index (κ3) is 6.61. The molecule has 130 valence electrons. The van der Waals surface area contributed by atoms with Crippen molar-refractivity contribution in [3.8, 4) is 23.8 Å². The molecule has 0 aliphatic rings. The van der Waals surface area contributed by atoms with Gasteiger partial charge in [0.2, 0.25) is 0 Å². The molecule has 0 saturated carbocycles. The first-order chi connectivity index (χ1) is 11.6. The second-order valence-electron chi connectivity index (χ2n) is 4.85. The zero-order chi connectivity index (χ0) is 17.8. The van der Waals surface area contributed by atoms with Crippen LogP contribution in [0.4, 0.5) is 0 Å². The van der Waals surface area contributed by atoms with Crippen molar-refractivity contribution in [1.29, 1.82) is 0 Å². The Bertz CT molecular complexity index is 592. The maximum atomic E-state index is 12.0.